The van der Waals surface area contributed by atoms with Gasteiger partial charge in [0.25, 0.3) is 0 Å². The van der Waals surface area contributed by atoms with Gasteiger partial charge in [0, 0.05) is 8.95 Å². The number of ketones is 2. The number of nitrogens with two attached hydrogens (primary N) is 1. The van der Waals surface area contributed by atoms with Gasteiger partial charge in [-0.25, -0.2) is 8.78 Å². The zero-order valence-corrected chi connectivity index (χ0v) is 16.9. The number of benzene rings is 2. The summed E-state index contributed by atoms with van der Waals surface area (Å²) in [5, 5.41) is 0.144. The van der Waals surface area contributed by atoms with Crippen LogP contribution in [0.3, 0.4) is 0 Å². The summed E-state index contributed by atoms with van der Waals surface area (Å²) in [6.45, 7) is -0.168. The average Bonchev–Trinajstić information content (AvgIpc) is 2.54. The van der Waals surface area contributed by atoms with Crippen molar-refractivity contribution in [1.82, 2.24) is 0 Å². The monoisotopic (exact) mass is 525 g/mol. The summed E-state index contributed by atoms with van der Waals surface area (Å²) >= 11 is 9.17. The third kappa shape index (κ3) is 6.16. The highest BCUT2D eigenvalue weighted by Gasteiger charge is 2.10. The largest absolute Gasteiger partial charge is 0.324 e. The fourth-order valence-electron chi connectivity index (χ4n) is 1.61. The maximum absolute atomic E-state index is 13.0. The summed E-state index contributed by atoms with van der Waals surface area (Å²) in [6.07, 6.45) is 0. The number of carbonyl (C=O) groups is 2. The lowest BCUT2D eigenvalue weighted by Crippen LogP contribution is -2.14. The number of hydrogen-bond acceptors (Lipinski definition) is 3. The Labute approximate surface area is 163 Å². The zero-order valence-electron chi connectivity index (χ0n) is 12.2. The van der Waals surface area contributed by atoms with Crippen molar-refractivity contribution in [2.45, 2.75) is 0 Å². The van der Waals surface area contributed by atoms with Gasteiger partial charge in [0.15, 0.2) is 11.6 Å². The summed E-state index contributed by atoms with van der Waals surface area (Å²) < 4.78 is 27.2. The van der Waals surface area contributed by atoms with Crippen LogP contribution in [0.4, 0.5) is 8.78 Å². The Morgan fingerprint density at radius 3 is 1.62 bits per heavy atom. The molecule has 0 saturated carbocycles. The van der Waals surface area contributed by atoms with E-state index in [1.54, 1.807) is 12.1 Å². The van der Waals surface area contributed by atoms with E-state index >= 15 is 0 Å². The lowest BCUT2D eigenvalue weighted by atomic mass is 10.1. The molecule has 0 radical (unpaired) electrons. The van der Waals surface area contributed by atoms with E-state index < -0.39 is 11.6 Å². The number of rotatable bonds is 4. The van der Waals surface area contributed by atoms with Gasteiger partial charge >= 0.3 is 0 Å². The molecule has 8 heteroatoms. The SMILES string of the molecule is NCC(=O)c1ccc(Br)cc1F.O=C(CBr)c1ccc(Br)cc1F. The molecule has 24 heavy (non-hydrogen) atoms. The summed E-state index contributed by atoms with van der Waals surface area (Å²) in [4.78, 5) is 22.0. The van der Waals surface area contributed by atoms with E-state index in [-0.39, 0.29) is 34.6 Å². The predicted octanol–water partition coefficient (Wildman–Crippen LogP) is 4.90. The molecular formula is C16H12Br3F2NO2. The number of hydrogen-bond donors (Lipinski definition) is 1. The van der Waals surface area contributed by atoms with Crippen molar-refractivity contribution in [3.8, 4) is 0 Å². The number of Topliss-reactive ketones (excluding diaryl/α,β-unsaturated/α-hetero) is 2. The topological polar surface area (TPSA) is 60.2 Å². The van der Waals surface area contributed by atoms with Gasteiger partial charge in [0.05, 0.1) is 23.0 Å². The number of halogens is 5. The highest BCUT2D eigenvalue weighted by molar-refractivity contribution is 9.10. The van der Waals surface area contributed by atoms with Crippen molar-refractivity contribution in [1.29, 1.82) is 0 Å². The smallest absolute Gasteiger partial charge is 0.179 e. The van der Waals surface area contributed by atoms with Gasteiger partial charge in [-0.1, -0.05) is 47.8 Å². The molecule has 0 unspecified atom stereocenters. The number of alkyl halides is 1. The minimum absolute atomic E-state index is 0.0423. The molecule has 0 fully saturated rings. The first kappa shape index (κ1) is 21.1. The fourth-order valence-corrected chi connectivity index (χ4v) is 2.58. The van der Waals surface area contributed by atoms with Crippen molar-refractivity contribution in [2.24, 2.45) is 5.73 Å². The highest BCUT2D eigenvalue weighted by Crippen LogP contribution is 2.16. The van der Waals surface area contributed by atoms with Crippen LogP contribution in [0.1, 0.15) is 20.7 Å². The number of carbonyl (C=O) groups excluding carboxylic acids is 2. The molecule has 2 N–H and O–H groups in total. The molecule has 128 valence electrons. The van der Waals surface area contributed by atoms with Crippen LogP contribution < -0.4 is 5.73 Å². The van der Waals surface area contributed by atoms with Gasteiger partial charge in [-0.05, 0) is 36.4 Å². The third-order valence-corrected chi connectivity index (χ3v) is 4.27. The molecule has 2 rings (SSSR count). The maximum Gasteiger partial charge on any atom is 0.179 e. The van der Waals surface area contributed by atoms with E-state index in [1.807, 2.05) is 0 Å². The third-order valence-electron chi connectivity index (χ3n) is 2.77. The normalized spacial score (nSPS) is 9.92. The predicted molar refractivity (Wildman–Crippen MR) is 99.7 cm³/mol. The molecule has 0 aromatic heterocycles. The molecule has 0 heterocycles. The van der Waals surface area contributed by atoms with Crippen LogP contribution in [0.25, 0.3) is 0 Å². The van der Waals surface area contributed by atoms with Crippen LogP contribution in [0.2, 0.25) is 0 Å². The molecule has 2 aromatic rings. The van der Waals surface area contributed by atoms with Crippen LogP contribution in [-0.4, -0.2) is 23.4 Å². The Morgan fingerprint density at radius 1 is 0.875 bits per heavy atom. The minimum atomic E-state index is -0.542. The Hall–Kier alpha value is -0.960. The van der Waals surface area contributed by atoms with Crippen molar-refractivity contribution in [3.05, 3.63) is 68.1 Å². The average molecular weight is 528 g/mol. The first-order valence-corrected chi connectivity index (χ1v) is 9.23. The molecule has 2 aromatic carbocycles. The molecule has 0 bridgehead atoms. The summed E-state index contributed by atoms with van der Waals surface area (Å²) in [5.41, 5.74) is 5.25. The van der Waals surface area contributed by atoms with Crippen molar-refractivity contribution in [3.63, 3.8) is 0 Å². The van der Waals surface area contributed by atoms with Crippen LogP contribution in [0.5, 0.6) is 0 Å². The molecule has 0 spiro atoms. The van der Waals surface area contributed by atoms with Crippen molar-refractivity contribution >= 4 is 59.4 Å². The van der Waals surface area contributed by atoms with E-state index in [0.717, 1.165) is 0 Å². The summed E-state index contributed by atoms with van der Waals surface area (Å²) in [6, 6.07) is 8.63. The molecule has 0 aliphatic heterocycles. The quantitative estimate of drug-likeness (QED) is 0.455. The van der Waals surface area contributed by atoms with Gasteiger partial charge in [-0.15, -0.1) is 0 Å². The van der Waals surface area contributed by atoms with Gasteiger partial charge in [0.2, 0.25) is 0 Å². The second-order valence-electron chi connectivity index (χ2n) is 4.43. The van der Waals surface area contributed by atoms with Crippen LogP contribution in [-0.2, 0) is 0 Å². The molecule has 0 aliphatic rings. The van der Waals surface area contributed by atoms with Crippen LogP contribution in [0.15, 0.2) is 45.3 Å². The minimum Gasteiger partial charge on any atom is -0.324 e. The lowest BCUT2D eigenvalue weighted by molar-refractivity contribution is 0.0994. The van der Waals surface area contributed by atoms with E-state index in [1.165, 1.54) is 24.3 Å². The van der Waals surface area contributed by atoms with Gasteiger partial charge in [-0.2, -0.15) is 0 Å². The lowest BCUT2D eigenvalue weighted by Gasteiger charge is -1.99. The highest BCUT2D eigenvalue weighted by atomic mass is 79.9. The van der Waals surface area contributed by atoms with Crippen LogP contribution in [0, 0.1) is 11.6 Å². The van der Waals surface area contributed by atoms with E-state index in [0.29, 0.717) is 8.95 Å². The Kier molecular flexibility index (Phi) is 8.90. The fraction of sp³-hybridized carbons (Fsp3) is 0.125. The summed E-state index contributed by atoms with van der Waals surface area (Å²) in [5.74, 6) is -1.67. The molecule has 0 atom stereocenters. The molecule has 0 aliphatic carbocycles. The van der Waals surface area contributed by atoms with E-state index in [9.17, 15) is 18.4 Å². The van der Waals surface area contributed by atoms with Gasteiger partial charge < -0.3 is 5.73 Å². The van der Waals surface area contributed by atoms with Crippen molar-refractivity contribution < 1.29 is 18.4 Å². The molecular weight excluding hydrogens is 516 g/mol. The summed E-state index contributed by atoms with van der Waals surface area (Å²) in [7, 11) is 0. The second-order valence-corrected chi connectivity index (χ2v) is 6.82. The first-order valence-electron chi connectivity index (χ1n) is 6.52. The van der Waals surface area contributed by atoms with Gasteiger partial charge in [0.1, 0.15) is 11.6 Å². The second kappa shape index (κ2) is 10.1. The Morgan fingerprint density at radius 2 is 1.29 bits per heavy atom. The van der Waals surface area contributed by atoms with Crippen molar-refractivity contribution in [2.75, 3.05) is 11.9 Å². The first-order chi connectivity index (χ1) is 11.3. The van der Waals surface area contributed by atoms with Crippen LogP contribution >= 0.6 is 47.8 Å². The standard InChI is InChI=1S/C8H5Br2FO.C8H7BrFNO/c9-4-8(12)6-2-1-5(10)3-7(6)11;9-5-1-2-6(7(10)3-5)8(12)4-11/h1-3H,4H2;1-3H,4,11H2. The maximum atomic E-state index is 13.0. The van der Waals surface area contributed by atoms with E-state index in [2.05, 4.69) is 47.8 Å². The van der Waals surface area contributed by atoms with Gasteiger partial charge in [-0.3, -0.25) is 9.59 Å². The van der Waals surface area contributed by atoms with E-state index in [4.69, 9.17) is 5.73 Å². The zero-order chi connectivity index (χ0) is 18.3. The Balaban J connectivity index is 0.000000240. The molecule has 3 nitrogen and oxygen atoms in total. The molecule has 0 saturated heterocycles. The Bertz CT molecular complexity index is 691. The molecule has 0 amide bonds.